The van der Waals surface area contributed by atoms with Crippen LogP contribution in [0.1, 0.15) is 35.1 Å². The molecule has 0 aliphatic carbocycles. The molecule has 1 N–H and O–H groups in total. The summed E-state index contributed by atoms with van der Waals surface area (Å²) in [6, 6.07) is 20.3. The molecular weight excluding hydrogens is 455 g/mol. The molecule has 2 saturated heterocycles. The van der Waals surface area contributed by atoms with Crippen LogP contribution in [0.25, 0.3) is 0 Å². The average molecular weight is 476 g/mol. The molecular formula is C25H21BF6NO+. The van der Waals surface area contributed by atoms with Crippen LogP contribution >= 0.6 is 0 Å². The predicted molar refractivity (Wildman–Crippen MR) is 115 cm³/mol. The lowest BCUT2D eigenvalue weighted by atomic mass is 9.69. The Kier molecular flexibility index (Phi) is 5.52. The second-order valence-electron chi connectivity index (χ2n) is 8.78. The molecule has 1 unspecified atom stereocenters. The van der Waals surface area contributed by atoms with Crippen LogP contribution in [0.4, 0.5) is 26.3 Å². The first-order valence-electron chi connectivity index (χ1n) is 11.0. The molecule has 2 heterocycles. The smallest absolute Gasteiger partial charge is 0.368 e. The minimum Gasteiger partial charge on any atom is -0.368 e. The van der Waals surface area contributed by atoms with Gasteiger partial charge in [-0.15, -0.1) is 0 Å². The van der Waals surface area contributed by atoms with Gasteiger partial charge < -0.3 is 9.47 Å². The maximum atomic E-state index is 14.0. The highest BCUT2D eigenvalue weighted by Gasteiger charge is 2.65. The number of alkyl halides is 6. The zero-order chi connectivity index (χ0) is 24.1. The molecule has 0 aromatic heterocycles. The number of benzene rings is 3. The molecule has 34 heavy (non-hydrogen) atoms. The number of quaternary nitrogens is 1. The molecule has 3 aromatic rings. The molecule has 2 nitrogen and oxygen atoms in total. The molecule has 9 heteroatoms. The lowest BCUT2D eigenvalue weighted by molar-refractivity contribution is -0.799. The first-order chi connectivity index (χ1) is 16.1. The Labute approximate surface area is 193 Å². The standard InChI is InChI=1S/C25H20BF6NO/c27-24(28,29)19-13-14-21(20(16-19)25(30,31)32)26-33-15-7-12-22(33)23(34-26,17-8-3-1-4-9-17)18-10-5-2-6-11-18/h1-6,8-11,13-14,16,22H,7,12,15H2/p+1/t22-/m0/s1. The average Bonchev–Trinajstić information content (AvgIpc) is 3.41. The van der Waals surface area contributed by atoms with Crippen LogP contribution in [0.5, 0.6) is 0 Å². The number of nitrogens with one attached hydrogen (secondary N) is 1. The summed E-state index contributed by atoms with van der Waals surface area (Å²) in [6.45, 7) is 0.565. The van der Waals surface area contributed by atoms with E-state index in [4.69, 9.17) is 4.65 Å². The van der Waals surface area contributed by atoms with E-state index in [-0.39, 0.29) is 17.6 Å². The van der Waals surface area contributed by atoms with Gasteiger partial charge in [0.25, 0.3) is 0 Å². The minimum absolute atomic E-state index is 0.189. The van der Waals surface area contributed by atoms with E-state index < -0.39 is 36.1 Å². The van der Waals surface area contributed by atoms with Gasteiger partial charge in [-0.05, 0) is 17.2 Å². The highest BCUT2D eigenvalue weighted by Crippen LogP contribution is 2.43. The van der Waals surface area contributed by atoms with Crippen LogP contribution in [-0.4, -0.2) is 19.6 Å². The fourth-order valence-corrected chi connectivity index (χ4v) is 5.54. The normalized spacial score (nSPS) is 22.1. The van der Waals surface area contributed by atoms with Crippen molar-refractivity contribution < 1.29 is 35.8 Å². The molecule has 176 valence electrons. The van der Waals surface area contributed by atoms with Gasteiger partial charge in [0.15, 0.2) is 5.60 Å². The summed E-state index contributed by atoms with van der Waals surface area (Å²) >= 11 is 0. The molecule has 0 bridgehead atoms. The molecule has 5 rings (SSSR count). The van der Waals surface area contributed by atoms with Gasteiger partial charge in [-0.25, -0.2) is 0 Å². The summed E-state index contributed by atoms with van der Waals surface area (Å²) in [4.78, 5) is 0.804. The minimum atomic E-state index is -4.96. The highest BCUT2D eigenvalue weighted by molar-refractivity contribution is 6.60. The monoisotopic (exact) mass is 476 g/mol. The molecule has 0 saturated carbocycles. The van der Waals surface area contributed by atoms with Gasteiger partial charge in [-0.3, -0.25) is 0 Å². The molecule has 0 amide bonds. The van der Waals surface area contributed by atoms with Gasteiger partial charge in [0.05, 0.1) is 17.7 Å². The topological polar surface area (TPSA) is 13.7 Å². The van der Waals surface area contributed by atoms with Gasteiger partial charge in [0, 0.05) is 18.3 Å². The maximum absolute atomic E-state index is 14.0. The third kappa shape index (κ3) is 3.71. The van der Waals surface area contributed by atoms with Crippen molar-refractivity contribution >= 4 is 12.5 Å². The third-order valence-electron chi connectivity index (χ3n) is 6.91. The molecule has 0 radical (unpaired) electrons. The zero-order valence-corrected chi connectivity index (χ0v) is 18.0. The van der Waals surface area contributed by atoms with Crippen LogP contribution in [0.2, 0.25) is 0 Å². The van der Waals surface area contributed by atoms with Crippen LogP contribution in [0.3, 0.4) is 0 Å². The van der Waals surface area contributed by atoms with E-state index in [1.807, 2.05) is 60.7 Å². The Hall–Kier alpha value is -2.78. The number of halogens is 6. The summed E-state index contributed by atoms with van der Waals surface area (Å²) in [5.74, 6) is 0. The SMILES string of the molecule is FC(F)(F)c1ccc(B2OC(c3ccccc3)(c3ccccc3)[C@@H]3CCC[NH+]23)c(C(F)(F)F)c1. The number of fused-ring (bicyclic) bond motifs is 1. The van der Waals surface area contributed by atoms with E-state index in [9.17, 15) is 26.3 Å². The van der Waals surface area contributed by atoms with Gasteiger partial charge in [-0.1, -0.05) is 72.8 Å². The Balaban J connectivity index is 1.70. The zero-order valence-electron chi connectivity index (χ0n) is 18.0. The van der Waals surface area contributed by atoms with E-state index in [0.29, 0.717) is 12.6 Å². The van der Waals surface area contributed by atoms with Crippen molar-refractivity contribution in [3.05, 3.63) is 101 Å². The van der Waals surface area contributed by atoms with Gasteiger partial charge >= 0.3 is 19.4 Å². The van der Waals surface area contributed by atoms with Crippen molar-refractivity contribution in [3.63, 3.8) is 0 Å². The lowest BCUT2D eigenvalue weighted by Gasteiger charge is -2.33. The number of hydrogen-bond acceptors (Lipinski definition) is 1. The van der Waals surface area contributed by atoms with Crippen molar-refractivity contribution in [1.82, 2.24) is 0 Å². The van der Waals surface area contributed by atoms with Crippen LogP contribution in [-0.2, 0) is 22.6 Å². The first kappa shape index (κ1) is 23.0. The molecule has 3 aromatic carbocycles. The Morgan fingerprint density at radius 3 is 1.91 bits per heavy atom. The Morgan fingerprint density at radius 1 is 0.794 bits per heavy atom. The summed E-state index contributed by atoms with van der Waals surface area (Å²) in [7, 11) is -1.06. The van der Waals surface area contributed by atoms with E-state index in [1.54, 1.807) is 0 Å². The number of hydrogen-bond donors (Lipinski definition) is 1. The molecule has 2 fully saturated rings. The first-order valence-corrected chi connectivity index (χ1v) is 11.0. The van der Waals surface area contributed by atoms with Crippen molar-refractivity contribution in [2.24, 2.45) is 0 Å². The summed E-state index contributed by atoms with van der Waals surface area (Å²) < 4.78 is 88.4. The number of rotatable bonds is 3. The largest absolute Gasteiger partial charge is 0.611 e. The summed E-state index contributed by atoms with van der Waals surface area (Å²) in [5.41, 5.74) is -2.29. The highest BCUT2D eigenvalue weighted by atomic mass is 19.4. The molecule has 2 aliphatic heterocycles. The second kappa shape index (κ2) is 8.17. The lowest BCUT2D eigenvalue weighted by Crippen LogP contribution is -3.19. The summed E-state index contributed by atoms with van der Waals surface area (Å²) in [6.07, 6.45) is -8.34. The van der Waals surface area contributed by atoms with Crippen LogP contribution in [0.15, 0.2) is 78.9 Å². The summed E-state index contributed by atoms with van der Waals surface area (Å²) in [5, 5.41) is 0. The molecule has 0 spiro atoms. The fraction of sp³-hybridized carbons (Fsp3) is 0.280. The van der Waals surface area contributed by atoms with Crippen molar-refractivity contribution in [3.8, 4) is 0 Å². The predicted octanol–water partition coefficient (Wildman–Crippen LogP) is 4.44. The van der Waals surface area contributed by atoms with Gasteiger partial charge in [0.1, 0.15) is 6.04 Å². The molecule has 2 aliphatic rings. The third-order valence-corrected chi connectivity index (χ3v) is 6.91. The van der Waals surface area contributed by atoms with Gasteiger partial charge in [-0.2, -0.15) is 26.3 Å². The quantitative estimate of drug-likeness (QED) is 0.436. The second-order valence-corrected chi connectivity index (χ2v) is 8.78. The van der Waals surface area contributed by atoms with Crippen LogP contribution in [0, 0.1) is 0 Å². The maximum Gasteiger partial charge on any atom is 0.611 e. The van der Waals surface area contributed by atoms with Crippen LogP contribution < -0.4 is 10.3 Å². The Morgan fingerprint density at radius 2 is 1.38 bits per heavy atom. The van der Waals surface area contributed by atoms with Crippen molar-refractivity contribution in [2.75, 3.05) is 6.54 Å². The fourth-order valence-electron chi connectivity index (χ4n) is 5.54. The van der Waals surface area contributed by atoms with E-state index in [2.05, 4.69) is 0 Å². The Bertz CT molecular complexity index is 1130. The van der Waals surface area contributed by atoms with E-state index >= 15 is 0 Å². The van der Waals surface area contributed by atoms with Gasteiger partial charge in [0.2, 0.25) is 0 Å². The molecule has 2 atom stereocenters. The van der Waals surface area contributed by atoms with E-state index in [0.717, 1.165) is 34.8 Å². The van der Waals surface area contributed by atoms with E-state index in [1.165, 1.54) is 0 Å². The van der Waals surface area contributed by atoms with Crippen molar-refractivity contribution in [1.29, 1.82) is 0 Å². The van der Waals surface area contributed by atoms with Crippen molar-refractivity contribution in [2.45, 2.75) is 36.8 Å².